The minimum absolute atomic E-state index is 0.113. The monoisotopic (exact) mass is 456 g/mol. The van der Waals surface area contributed by atoms with E-state index in [0.29, 0.717) is 24.2 Å². The second kappa shape index (κ2) is 9.79. The van der Waals surface area contributed by atoms with Crippen molar-refractivity contribution in [3.05, 3.63) is 76.5 Å². The van der Waals surface area contributed by atoms with Crippen LogP contribution in [0.4, 0.5) is 0 Å². The summed E-state index contributed by atoms with van der Waals surface area (Å²) >= 11 is 0. The SMILES string of the molecule is CC(C)Cn1cc(C2CCCCC2)n(Cc2ccc(-c3ccccc3-c3nnn[nH]3)cc2)c1=O. The van der Waals surface area contributed by atoms with Crippen molar-refractivity contribution in [3.63, 3.8) is 0 Å². The van der Waals surface area contributed by atoms with Crippen LogP contribution < -0.4 is 5.69 Å². The van der Waals surface area contributed by atoms with Crippen molar-refractivity contribution in [1.29, 1.82) is 0 Å². The number of nitrogens with zero attached hydrogens (tertiary/aromatic N) is 5. The molecule has 0 saturated heterocycles. The Morgan fingerprint density at radius 3 is 2.41 bits per heavy atom. The van der Waals surface area contributed by atoms with Gasteiger partial charge in [0.15, 0.2) is 5.82 Å². The van der Waals surface area contributed by atoms with Gasteiger partial charge in [-0.2, -0.15) is 0 Å². The zero-order chi connectivity index (χ0) is 23.5. The summed E-state index contributed by atoms with van der Waals surface area (Å²) in [5.74, 6) is 1.57. The maximum Gasteiger partial charge on any atom is 0.328 e. The predicted molar refractivity (Wildman–Crippen MR) is 134 cm³/mol. The summed E-state index contributed by atoms with van der Waals surface area (Å²) in [6.45, 7) is 5.69. The van der Waals surface area contributed by atoms with Gasteiger partial charge in [-0.3, -0.25) is 9.13 Å². The number of nitrogens with one attached hydrogen (secondary N) is 1. The van der Waals surface area contributed by atoms with Crippen LogP contribution in [0.3, 0.4) is 0 Å². The van der Waals surface area contributed by atoms with E-state index in [4.69, 9.17) is 0 Å². The Hall–Kier alpha value is -3.48. The molecule has 0 unspecified atom stereocenters. The molecule has 5 rings (SSSR count). The molecule has 34 heavy (non-hydrogen) atoms. The first-order valence-electron chi connectivity index (χ1n) is 12.3. The molecule has 0 aliphatic heterocycles. The molecule has 4 aromatic rings. The molecule has 0 radical (unpaired) electrons. The van der Waals surface area contributed by atoms with Crippen molar-refractivity contribution in [2.24, 2.45) is 5.92 Å². The average Bonchev–Trinajstić information content (AvgIpc) is 3.50. The molecule has 0 spiro atoms. The molecule has 0 bridgehead atoms. The molecule has 0 amide bonds. The van der Waals surface area contributed by atoms with Crippen LogP contribution in [0.1, 0.15) is 63.1 Å². The number of aromatic amines is 1. The Labute approximate surface area is 199 Å². The number of aromatic nitrogens is 6. The maximum atomic E-state index is 13.3. The van der Waals surface area contributed by atoms with E-state index in [2.05, 4.69) is 71.0 Å². The number of rotatable bonds is 7. The van der Waals surface area contributed by atoms with Gasteiger partial charge < -0.3 is 0 Å². The van der Waals surface area contributed by atoms with Gasteiger partial charge in [0.25, 0.3) is 0 Å². The van der Waals surface area contributed by atoms with Crippen LogP contribution in [0.25, 0.3) is 22.5 Å². The van der Waals surface area contributed by atoms with E-state index in [-0.39, 0.29) is 5.69 Å². The fraction of sp³-hybridized carbons (Fsp3) is 0.407. The molecule has 1 saturated carbocycles. The Bertz CT molecular complexity index is 1280. The second-order valence-corrected chi connectivity index (χ2v) is 9.80. The third kappa shape index (κ3) is 4.60. The minimum atomic E-state index is 0.113. The molecule has 7 heteroatoms. The van der Waals surface area contributed by atoms with E-state index in [0.717, 1.165) is 28.8 Å². The Morgan fingerprint density at radius 1 is 1.00 bits per heavy atom. The van der Waals surface area contributed by atoms with Crippen molar-refractivity contribution >= 4 is 0 Å². The highest BCUT2D eigenvalue weighted by Gasteiger charge is 2.22. The van der Waals surface area contributed by atoms with Crippen molar-refractivity contribution in [2.75, 3.05) is 0 Å². The number of hydrogen-bond donors (Lipinski definition) is 1. The minimum Gasteiger partial charge on any atom is -0.299 e. The van der Waals surface area contributed by atoms with Gasteiger partial charge in [0.1, 0.15) is 0 Å². The van der Waals surface area contributed by atoms with Crippen molar-refractivity contribution in [3.8, 4) is 22.5 Å². The first kappa shape index (κ1) is 22.3. The summed E-state index contributed by atoms with van der Waals surface area (Å²) in [5.41, 5.74) is 5.56. The standard InChI is InChI=1S/C27H32N6O/c1-19(2)16-32-18-25(22-8-4-3-5-9-22)33(27(32)34)17-20-12-14-21(15-13-20)23-10-6-7-11-24(23)26-28-30-31-29-26/h6-7,10-15,18-19,22H,3-5,8-9,16-17H2,1-2H3,(H,28,29,30,31). The average molecular weight is 457 g/mol. The summed E-state index contributed by atoms with van der Waals surface area (Å²) in [5, 5.41) is 14.4. The van der Waals surface area contributed by atoms with Crippen LogP contribution >= 0.6 is 0 Å². The highest BCUT2D eigenvalue weighted by molar-refractivity contribution is 5.80. The Kier molecular flexibility index (Phi) is 6.43. The summed E-state index contributed by atoms with van der Waals surface area (Å²) in [7, 11) is 0. The van der Waals surface area contributed by atoms with E-state index in [1.165, 1.54) is 37.8 Å². The predicted octanol–water partition coefficient (Wildman–Crippen LogP) is 5.25. The molecule has 1 aliphatic carbocycles. The molecule has 2 aromatic heterocycles. The van der Waals surface area contributed by atoms with Gasteiger partial charge in [-0.05, 0) is 45.9 Å². The lowest BCUT2D eigenvalue weighted by Crippen LogP contribution is -2.27. The molecular formula is C27H32N6O. The molecule has 1 aliphatic rings. The van der Waals surface area contributed by atoms with Gasteiger partial charge in [0.05, 0.1) is 6.54 Å². The van der Waals surface area contributed by atoms with Crippen LogP contribution in [0.5, 0.6) is 0 Å². The first-order valence-corrected chi connectivity index (χ1v) is 12.3. The van der Waals surface area contributed by atoms with Crippen LogP contribution in [0.2, 0.25) is 0 Å². The number of hydrogen-bond acceptors (Lipinski definition) is 4. The topological polar surface area (TPSA) is 81.4 Å². The number of H-pyrrole nitrogens is 1. The fourth-order valence-electron chi connectivity index (χ4n) is 5.14. The van der Waals surface area contributed by atoms with E-state index in [9.17, 15) is 4.79 Å². The second-order valence-electron chi connectivity index (χ2n) is 9.80. The van der Waals surface area contributed by atoms with E-state index in [1.807, 2.05) is 27.3 Å². The van der Waals surface area contributed by atoms with E-state index < -0.39 is 0 Å². The zero-order valence-corrected chi connectivity index (χ0v) is 19.9. The quantitative estimate of drug-likeness (QED) is 0.412. The molecule has 2 heterocycles. The van der Waals surface area contributed by atoms with E-state index >= 15 is 0 Å². The van der Waals surface area contributed by atoms with Crippen LogP contribution in [-0.4, -0.2) is 29.8 Å². The molecule has 1 N–H and O–H groups in total. The van der Waals surface area contributed by atoms with Crippen LogP contribution in [0, 0.1) is 5.92 Å². The number of benzene rings is 2. The van der Waals surface area contributed by atoms with Crippen LogP contribution in [0.15, 0.2) is 59.5 Å². The summed E-state index contributed by atoms with van der Waals surface area (Å²) in [6.07, 6.45) is 8.30. The van der Waals surface area contributed by atoms with Gasteiger partial charge in [-0.25, -0.2) is 9.89 Å². The van der Waals surface area contributed by atoms with Crippen molar-refractivity contribution < 1.29 is 0 Å². The normalized spacial score (nSPS) is 14.7. The van der Waals surface area contributed by atoms with Gasteiger partial charge in [0, 0.05) is 29.9 Å². The highest BCUT2D eigenvalue weighted by atomic mass is 16.1. The van der Waals surface area contributed by atoms with Crippen molar-refractivity contribution in [2.45, 2.75) is 65.0 Å². The van der Waals surface area contributed by atoms with Gasteiger partial charge in [-0.15, -0.1) is 5.10 Å². The largest absolute Gasteiger partial charge is 0.328 e. The zero-order valence-electron chi connectivity index (χ0n) is 19.9. The molecule has 7 nitrogen and oxygen atoms in total. The lowest BCUT2D eigenvalue weighted by Gasteiger charge is -2.22. The van der Waals surface area contributed by atoms with Crippen LogP contribution in [-0.2, 0) is 13.1 Å². The highest BCUT2D eigenvalue weighted by Crippen LogP contribution is 2.33. The lowest BCUT2D eigenvalue weighted by molar-refractivity contribution is 0.425. The molecule has 176 valence electrons. The smallest absolute Gasteiger partial charge is 0.299 e. The maximum absolute atomic E-state index is 13.3. The lowest BCUT2D eigenvalue weighted by atomic mass is 9.87. The van der Waals surface area contributed by atoms with Gasteiger partial charge >= 0.3 is 5.69 Å². The molecular weight excluding hydrogens is 424 g/mol. The van der Waals surface area contributed by atoms with Gasteiger partial charge in [0.2, 0.25) is 0 Å². The molecule has 1 fully saturated rings. The van der Waals surface area contributed by atoms with E-state index in [1.54, 1.807) is 0 Å². The van der Waals surface area contributed by atoms with Crippen molar-refractivity contribution in [1.82, 2.24) is 29.8 Å². The number of tetrazole rings is 1. The summed E-state index contributed by atoms with van der Waals surface area (Å²) < 4.78 is 3.94. The van der Waals surface area contributed by atoms with Gasteiger partial charge in [-0.1, -0.05) is 81.6 Å². The Morgan fingerprint density at radius 2 is 1.74 bits per heavy atom. The fourth-order valence-corrected chi connectivity index (χ4v) is 5.14. The third-order valence-corrected chi connectivity index (χ3v) is 6.79. The summed E-state index contributed by atoms with van der Waals surface area (Å²) in [6, 6.07) is 16.6. The molecule has 2 aromatic carbocycles. The third-order valence-electron chi connectivity index (χ3n) is 6.79. The summed E-state index contributed by atoms with van der Waals surface area (Å²) in [4.78, 5) is 13.3. The first-order chi connectivity index (χ1) is 16.6. The Balaban J connectivity index is 1.45. The number of imidazole rings is 1. The molecule has 0 atom stereocenters.